The van der Waals surface area contributed by atoms with Gasteiger partial charge in [0.2, 0.25) is 5.91 Å². The molecule has 0 saturated carbocycles. The van der Waals surface area contributed by atoms with Crippen LogP contribution in [0.1, 0.15) is 37.2 Å². The summed E-state index contributed by atoms with van der Waals surface area (Å²) in [5, 5.41) is 3.06. The Morgan fingerprint density at radius 1 is 1.37 bits per heavy atom. The lowest BCUT2D eigenvalue weighted by Crippen LogP contribution is -2.30. The first kappa shape index (κ1) is 13.3. The third-order valence-corrected chi connectivity index (χ3v) is 3.03. The van der Waals surface area contributed by atoms with E-state index < -0.39 is 0 Å². The van der Waals surface area contributed by atoms with Crippen molar-refractivity contribution in [3.05, 3.63) is 54.1 Å². The van der Waals surface area contributed by atoms with Crippen LogP contribution in [0, 0.1) is 0 Å². The minimum Gasteiger partial charge on any atom is -0.342 e. The van der Waals surface area contributed by atoms with Crippen LogP contribution in [0.15, 0.2) is 42.7 Å². The topological polar surface area (TPSA) is 46.9 Å². The van der Waals surface area contributed by atoms with Crippen LogP contribution < -0.4 is 5.32 Å². The Kier molecular flexibility index (Phi) is 4.34. The molecule has 1 aromatic carbocycles. The molecule has 1 atom stereocenters. The van der Waals surface area contributed by atoms with Crippen LogP contribution >= 0.6 is 0 Å². The van der Waals surface area contributed by atoms with Crippen molar-refractivity contribution in [3.63, 3.8) is 0 Å². The quantitative estimate of drug-likeness (QED) is 0.894. The maximum absolute atomic E-state index is 11.9. The van der Waals surface area contributed by atoms with Gasteiger partial charge in [0.25, 0.3) is 0 Å². The van der Waals surface area contributed by atoms with E-state index in [2.05, 4.69) is 10.3 Å². The smallest absolute Gasteiger partial charge is 0.220 e. The van der Waals surface area contributed by atoms with Crippen LogP contribution in [0.2, 0.25) is 0 Å². The third-order valence-electron chi connectivity index (χ3n) is 3.03. The number of hydrogen-bond donors (Lipinski definition) is 1. The third kappa shape index (κ3) is 3.22. The van der Waals surface area contributed by atoms with E-state index in [1.54, 1.807) is 6.20 Å². The molecule has 1 amide bonds. The normalized spacial score (nSPS) is 12.1. The van der Waals surface area contributed by atoms with Crippen molar-refractivity contribution in [2.75, 3.05) is 0 Å². The summed E-state index contributed by atoms with van der Waals surface area (Å²) >= 11 is 0. The molecular weight excluding hydrogens is 238 g/mol. The van der Waals surface area contributed by atoms with Gasteiger partial charge in [-0.15, -0.1) is 0 Å². The zero-order valence-corrected chi connectivity index (χ0v) is 11.3. The second-order valence-corrected chi connectivity index (χ2v) is 4.56. The largest absolute Gasteiger partial charge is 0.342 e. The molecule has 0 fully saturated rings. The molecular formula is C15H19N3O. The van der Waals surface area contributed by atoms with Gasteiger partial charge in [-0.25, -0.2) is 4.98 Å². The molecule has 0 aliphatic carbocycles. The number of imidazole rings is 1. The minimum atomic E-state index is -0.194. The van der Waals surface area contributed by atoms with E-state index in [1.165, 1.54) is 0 Å². The average molecular weight is 257 g/mol. The van der Waals surface area contributed by atoms with Crippen molar-refractivity contribution in [1.82, 2.24) is 14.9 Å². The number of hydrogen-bond acceptors (Lipinski definition) is 2. The van der Waals surface area contributed by atoms with E-state index >= 15 is 0 Å². The fraction of sp³-hybridized carbons (Fsp3) is 0.333. The molecule has 0 bridgehead atoms. The highest BCUT2D eigenvalue weighted by Crippen LogP contribution is 2.20. The number of carbonyl (C=O) groups excluding carboxylic acids is 1. The van der Waals surface area contributed by atoms with Crippen molar-refractivity contribution < 1.29 is 4.79 Å². The summed E-state index contributed by atoms with van der Waals surface area (Å²) in [6.07, 6.45) is 5.01. The standard InChI is InChI=1S/C15H19N3O/c1-3-7-13(19)17-14(12-8-5-4-6-9-12)15-16-10-11-18(15)2/h4-6,8-11,14H,3,7H2,1-2H3,(H,17,19)/t14-/m1/s1. The highest BCUT2D eigenvalue weighted by Gasteiger charge is 2.19. The molecule has 100 valence electrons. The van der Waals surface area contributed by atoms with E-state index in [9.17, 15) is 4.79 Å². The molecule has 0 saturated heterocycles. The zero-order chi connectivity index (χ0) is 13.7. The molecule has 1 N–H and O–H groups in total. The first-order chi connectivity index (χ1) is 9.22. The van der Waals surface area contributed by atoms with Crippen LogP contribution in [0.4, 0.5) is 0 Å². The molecule has 4 nitrogen and oxygen atoms in total. The predicted octanol–water partition coefficient (Wildman–Crippen LogP) is 2.43. The second kappa shape index (κ2) is 6.18. The van der Waals surface area contributed by atoms with Gasteiger partial charge in [-0.05, 0) is 12.0 Å². The van der Waals surface area contributed by atoms with Crippen molar-refractivity contribution in [2.24, 2.45) is 7.05 Å². The summed E-state index contributed by atoms with van der Waals surface area (Å²) in [6, 6.07) is 9.72. The maximum Gasteiger partial charge on any atom is 0.220 e. The monoisotopic (exact) mass is 257 g/mol. The number of rotatable bonds is 5. The molecule has 1 aromatic heterocycles. The summed E-state index contributed by atoms with van der Waals surface area (Å²) in [7, 11) is 1.93. The van der Waals surface area contributed by atoms with Gasteiger partial charge in [-0.1, -0.05) is 37.3 Å². The van der Waals surface area contributed by atoms with E-state index in [1.807, 2.05) is 55.1 Å². The van der Waals surface area contributed by atoms with Crippen LogP contribution in [-0.2, 0) is 11.8 Å². The lowest BCUT2D eigenvalue weighted by molar-refractivity contribution is -0.121. The van der Waals surface area contributed by atoms with E-state index in [-0.39, 0.29) is 11.9 Å². The molecule has 0 aliphatic heterocycles. The van der Waals surface area contributed by atoms with Gasteiger partial charge in [-0.3, -0.25) is 4.79 Å². The number of aryl methyl sites for hydroxylation is 1. The molecule has 0 aliphatic rings. The van der Waals surface area contributed by atoms with Crippen LogP contribution in [0.3, 0.4) is 0 Å². The molecule has 0 spiro atoms. The van der Waals surface area contributed by atoms with Crippen molar-refractivity contribution in [3.8, 4) is 0 Å². The summed E-state index contributed by atoms with van der Waals surface area (Å²) in [5.74, 6) is 0.898. The Labute approximate surface area is 113 Å². The van der Waals surface area contributed by atoms with Gasteiger partial charge >= 0.3 is 0 Å². The summed E-state index contributed by atoms with van der Waals surface area (Å²) < 4.78 is 1.93. The Balaban J connectivity index is 2.29. The number of nitrogens with one attached hydrogen (secondary N) is 1. The number of benzene rings is 1. The molecule has 1 heterocycles. The Hall–Kier alpha value is -2.10. The SMILES string of the molecule is CCCC(=O)N[C@H](c1ccccc1)c1nccn1C. The van der Waals surface area contributed by atoms with Gasteiger partial charge in [0.1, 0.15) is 11.9 Å². The van der Waals surface area contributed by atoms with Gasteiger partial charge in [0.15, 0.2) is 0 Å². The molecule has 0 radical (unpaired) electrons. The van der Waals surface area contributed by atoms with Crippen molar-refractivity contribution in [2.45, 2.75) is 25.8 Å². The van der Waals surface area contributed by atoms with Crippen LogP contribution in [-0.4, -0.2) is 15.5 Å². The van der Waals surface area contributed by atoms with Crippen molar-refractivity contribution in [1.29, 1.82) is 0 Å². The molecule has 19 heavy (non-hydrogen) atoms. The second-order valence-electron chi connectivity index (χ2n) is 4.56. The van der Waals surface area contributed by atoms with E-state index in [0.717, 1.165) is 17.8 Å². The Bertz CT molecular complexity index is 533. The fourth-order valence-corrected chi connectivity index (χ4v) is 2.06. The highest BCUT2D eigenvalue weighted by molar-refractivity contribution is 5.76. The minimum absolute atomic E-state index is 0.0550. The van der Waals surface area contributed by atoms with E-state index in [0.29, 0.717) is 6.42 Å². The molecule has 0 unspecified atom stereocenters. The van der Waals surface area contributed by atoms with Gasteiger partial charge in [0, 0.05) is 25.9 Å². The summed E-state index contributed by atoms with van der Waals surface area (Å²) in [4.78, 5) is 16.2. The molecule has 2 rings (SSSR count). The maximum atomic E-state index is 11.9. The number of carbonyl (C=O) groups is 1. The lowest BCUT2D eigenvalue weighted by Gasteiger charge is -2.19. The highest BCUT2D eigenvalue weighted by atomic mass is 16.1. The number of aromatic nitrogens is 2. The molecule has 4 heteroatoms. The van der Waals surface area contributed by atoms with Crippen LogP contribution in [0.5, 0.6) is 0 Å². The number of amides is 1. The van der Waals surface area contributed by atoms with Gasteiger partial charge in [0.05, 0.1) is 0 Å². The van der Waals surface area contributed by atoms with E-state index in [4.69, 9.17) is 0 Å². The Morgan fingerprint density at radius 3 is 2.68 bits per heavy atom. The Morgan fingerprint density at radius 2 is 2.11 bits per heavy atom. The zero-order valence-electron chi connectivity index (χ0n) is 11.3. The van der Waals surface area contributed by atoms with Gasteiger partial charge in [-0.2, -0.15) is 0 Å². The van der Waals surface area contributed by atoms with Gasteiger partial charge < -0.3 is 9.88 Å². The lowest BCUT2D eigenvalue weighted by atomic mass is 10.1. The fourth-order valence-electron chi connectivity index (χ4n) is 2.06. The first-order valence-electron chi connectivity index (χ1n) is 6.54. The summed E-state index contributed by atoms with van der Waals surface area (Å²) in [5.41, 5.74) is 1.04. The predicted molar refractivity (Wildman–Crippen MR) is 74.5 cm³/mol. The first-order valence-corrected chi connectivity index (χ1v) is 6.54. The van der Waals surface area contributed by atoms with Crippen LogP contribution in [0.25, 0.3) is 0 Å². The summed E-state index contributed by atoms with van der Waals surface area (Å²) in [6.45, 7) is 2.00. The van der Waals surface area contributed by atoms with Crippen molar-refractivity contribution >= 4 is 5.91 Å². The average Bonchev–Trinajstić information content (AvgIpc) is 2.83. The molecule has 2 aromatic rings. The number of nitrogens with zero attached hydrogens (tertiary/aromatic N) is 2.